The summed E-state index contributed by atoms with van der Waals surface area (Å²) < 4.78 is 0. The normalized spacial score (nSPS) is 9.12. The summed E-state index contributed by atoms with van der Waals surface area (Å²) in [6.45, 7) is 0. The first kappa shape index (κ1) is 10.0. The third-order valence-corrected chi connectivity index (χ3v) is 2.39. The Hall–Kier alpha value is -2.51. The quantitative estimate of drug-likeness (QED) is 0.653. The lowest BCUT2D eigenvalue weighted by atomic mass is 9.98. The van der Waals surface area contributed by atoms with Crippen molar-refractivity contribution >= 4 is 0 Å². The Balaban J connectivity index is 2.65. The molecule has 0 unspecified atom stereocenters. The van der Waals surface area contributed by atoms with Crippen LogP contribution in [0, 0.1) is 23.7 Å². The minimum atomic E-state index is 0.623. The molecule has 0 saturated heterocycles. The van der Waals surface area contributed by atoms with Crippen LogP contribution in [0.3, 0.4) is 0 Å². The molecule has 0 bridgehead atoms. The topological polar surface area (TPSA) is 23.8 Å². The van der Waals surface area contributed by atoms with Gasteiger partial charge >= 0.3 is 0 Å². The van der Waals surface area contributed by atoms with Crippen molar-refractivity contribution in [1.82, 2.24) is 0 Å². The Morgan fingerprint density at radius 2 is 1.75 bits per heavy atom. The van der Waals surface area contributed by atoms with Crippen LogP contribution in [0.25, 0.3) is 11.1 Å². The maximum atomic E-state index is 8.87. The van der Waals surface area contributed by atoms with Gasteiger partial charge in [0.25, 0.3) is 0 Å². The van der Waals surface area contributed by atoms with Crippen LogP contribution >= 0.6 is 0 Å². The fraction of sp³-hybridized carbons (Fsp3) is 0. The molecule has 0 spiro atoms. The Morgan fingerprint density at radius 3 is 2.38 bits per heavy atom. The van der Waals surface area contributed by atoms with E-state index in [4.69, 9.17) is 11.7 Å². The fourth-order valence-electron chi connectivity index (χ4n) is 1.60. The second-order valence-corrected chi connectivity index (χ2v) is 3.38. The minimum absolute atomic E-state index is 0.623. The summed E-state index contributed by atoms with van der Waals surface area (Å²) in [5, 5.41) is 8.87. The molecule has 74 valence electrons. The average molecular weight is 203 g/mol. The SMILES string of the molecule is C#Cc1ccc(C#N)cc1-c1ccccc1. The monoisotopic (exact) mass is 203 g/mol. The zero-order chi connectivity index (χ0) is 11.4. The molecule has 0 aromatic heterocycles. The number of rotatable bonds is 1. The largest absolute Gasteiger partial charge is 0.192 e. The van der Waals surface area contributed by atoms with Gasteiger partial charge in [-0.05, 0) is 29.3 Å². The lowest BCUT2D eigenvalue weighted by Gasteiger charge is -2.05. The number of nitrogens with zero attached hydrogens (tertiary/aromatic N) is 1. The summed E-state index contributed by atoms with van der Waals surface area (Å²) in [5.74, 6) is 2.64. The van der Waals surface area contributed by atoms with Crippen molar-refractivity contribution < 1.29 is 0 Å². The molecular formula is C15H9N. The summed E-state index contributed by atoms with van der Waals surface area (Å²) in [6.07, 6.45) is 5.45. The molecule has 1 nitrogen and oxygen atoms in total. The number of hydrogen-bond acceptors (Lipinski definition) is 1. The third-order valence-electron chi connectivity index (χ3n) is 2.39. The van der Waals surface area contributed by atoms with Crippen molar-refractivity contribution in [3.05, 3.63) is 59.7 Å². The third kappa shape index (κ3) is 1.80. The highest BCUT2D eigenvalue weighted by molar-refractivity contribution is 5.72. The van der Waals surface area contributed by atoms with E-state index < -0.39 is 0 Å². The summed E-state index contributed by atoms with van der Waals surface area (Å²) in [5.41, 5.74) is 3.40. The summed E-state index contributed by atoms with van der Waals surface area (Å²) in [4.78, 5) is 0. The number of hydrogen-bond donors (Lipinski definition) is 0. The lowest BCUT2D eigenvalue weighted by Crippen LogP contribution is -1.85. The molecule has 2 aromatic rings. The molecule has 16 heavy (non-hydrogen) atoms. The van der Waals surface area contributed by atoms with E-state index in [0.29, 0.717) is 5.56 Å². The van der Waals surface area contributed by atoms with Crippen molar-refractivity contribution in [2.45, 2.75) is 0 Å². The van der Waals surface area contributed by atoms with E-state index in [0.717, 1.165) is 16.7 Å². The molecule has 0 heterocycles. The van der Waals surface area contributed by atoms with Gasteiger partial charge in [0.2, 0.25) is 0 Å². The molecule has 0 atom stereocenters. The zero-order valence-electron chi connectivity index (χ0n) is 8.64. The first-order valence-electron chi connectivity index (χ1n) is 4.91. The molecule has 0 fully saturated rings. The molecule has 2 aromatic carbocycles. The molecule has 1 heteroatoms. The van der Waals surface area contributed by atoms with Crippen molar-refractivity contribution in [2.75, 3.05) is 0 Å². The molecule has 0 radical (unpaired) electrons. The maximum absolute atomic E-state index is 8.87. The highest BCUT2D eigenvalue weighted by Crippen LogP contribution is 2.24. The molecule has 0 aliphatic rings. The zero-order valence-corrected chi connectivity index (χ0v) is 8.64. The summed E-state index contributed by atoms with van der Waals surface area (Å²) in [7, 11) is 0. The van der Waals surface area contributed by atoms with Crippen molar-refractivity contribution in [3.8, 4) is 29.5 Å². The smallest absolute Gasteiger partial charge is 0.0991 e. The summed E-state index contributed by atoms with van der Waals surface area (Å²) >= 11 is 0. The van der Waals surface area contributed by atoms with Gasteiger partial charge in [-0.3, -0.25) is 0 Å². The molecule has 0 aliphatic heterocycles. The second-order valence-electron chi connectivity index (χ2n) is 3.38. The molecule has 0 N–H and O–H groups in total. The van der Waals surface area contributed by atoms with Crippen LogP contribution in [0.15, 0.2) is 48.5 Å². The maximum Gasteiger partial charge on any atom is 0.0991 e. The van der Waals surface area contributed by atoms with Crippen LogP contribution in [0.2, 0.25) is 0 Å². The van der Waals surface area contributed by atoms with E-state index in [9.17, 15) is 0 Å². The van der Waals surface area contributed by atoms with E-state index >= 15 is 0 Å². The van der Waals surface area contributed by atoms with E-state index in [1.54, 1.807) is 12.1 Å². The minimum Gasteiger partial charge on any atom is -0.192 e. The Kier molecular flexibility index (Phi) is 2.72. The van der Waals surface area contributed by atoms with Crippen molar-refractivity contribution in [1.29, 1.82) is 5.26 Å². The van der Waals surface area contributed by atoms with Crippen molar-refractivity contribution in [2.24, 2.45) is 0 Å². The first-order chi connectivity index (χ1) is 7.85. The average Bonchev–Trinajstić information content (AvgIpc) is 2.39. The highest BCUT2D eigenvalue weighted by Gasteiger charge is 2.03. The first-order valence-corrected chi connectivity index (χ1v) is 4.91. The molecule has 2 rings (SSSR count). The van der Waals surface area contributed by atoms with E-state index in [1.807, 2.05) is 36.4 Å². The molecule has 0 amide bonds. The van der Waals surface area contributed by atoms with Crippen LogP contribution in [0.1, 0.15) is 11.1 Å². The van der Waals surface area contributed by atoms with Gasteiger partial charge < -0.3 is 0 Å². The van der Waals surface area contributed by atoms with Gasteiger partial charge in [-0.2, -0.15) is 5.26 Å². The second kappa shape index (κ2) is 4.34. The number of terminal acetylenes is 1. The van der Waals surface area contributed by atoms with Gasteiger partial charge in [0, 0.05) is 5.56 Å². The molecule has 0 saturated carbocycles. The van der Waals surface area contributed by atoms with Crippen LogP contribution in [-0.4, -0.2) is 0 Å². The van der Waals surface area contributed by atoms with E-state index in [-0.39, 0.29) is 0 Å². The lowest BCUT2D eigenvalue weighted by molar-refractivity contribution is 1.47. The van der Waals surface area contributed by atoms with Crippen LogP contribution in [-0.2, 0) is 0 Å². The van der Waals surface area contributed by atoms with Gasteiger partial charge in [-0.25, -0.2) is 0 Å². The van der Waals surface area contributed by atoms with Crippen LogP contribution in [0.4, 0.5) is 0 Å². The van der Waals surface area contributed by atoms with E-state index in [2.05, 4.69) is 12.0 Å². The van der Waals surface area contributed by atoms with E-state index in [1.165, 1.54) is 0 Å². The van der Waals surface area contributed by atoms with Gasteiger partial charge in [-0.15, -0.1) is 6.42 Å². The molecule has 0 aliphatic carbocycles. The molecular weight excluding hydrogens is 194 g/mol. The predicted molar refractivity (Wildman–Crippen MR) is 64.5 cm³/mol. The Labute approximate surface area is 95.0 Å². The van der Waals surface area contributed by atoms with Gasteiger partial charge in [0.05, 0.1) is 11.6 Å². The fourth-order valence-corrected chi connectivity index (χ4v) is 1.60. The van der Waals surface area contributed by atoms with Crippen LogP contribution in [0.5, 0.6) is 0 Å². The Morgan fingerprint density at radius 1 is 1.00 bits per heavy atom. The van der Waals surface area contributed by atoms with Gasteiger partial charge in [-0.1, -0.05) is 36.3 Å². The summed E-state index contributed by atoms with van der Waals surface area (Å²) in [6, 6.07) is 17.3. The van der Waals surface area contributed by atoms with Gasteiger partial charge in [0.1, 0.15) is 0 Å². The number of nitriles is 1. The predicted octanol–water partition coefficient (Wildman–Crippen LogP) is 3.21. The van der Waals surface area contributed by atoms with Crippen molar-refractivity contribution in [3.63, 3.8) is 0 Å². The standard InChI is InChI=1S/C15H9N/c1-2-13-9-8-12(11-16)10-15(13)14-6-4-3-5-7-14/h1,3-10H. The van der Waals surface area contributed by atoms with Gasteiger partial charge in [0.15, 0.2) is 0 Å². The van der Waals surface area contributed by atoms with Crippen LogP contribution < -0.4 is 0 Å². The number of benzene rings is 2. The highest BCUT2D eigenvalue weighted by atomic mass is 14.2. The Bertz CT molecular complexity index is 583.